The van der Waals surface area contributed by atoms with E-state index in [1.165, 1.54) is 19.2 Å². The van der Waals surface area contributed by atoms with Gasteiger partial charge in [0.05, 0.1) is 38.6 Å². The number of nitrogens with one attached hydrogen (secondary N) is 1. The molecule has 0 bridgehead atoms. The number of urea groups is 1. The molecule has 1 atom stereocenters. The average molecular weight is 571 g/mol. The number of methoxy groups -OCH3 is 3. The highest BCUT2D eigenvalue weighted by Gasteiger charge is 2.35. The van der Waals surface area contributed by atoms with Crippen LogP contribution in [0.15, 0.2) is 71.8 Å². The Balaban J connectivity index is 1.55. The summed E-state index contributed by atoms with van der Waals surface area (Å²) in [6.45, 7) is -0.338. The highest BCUT2D eigenvalue weighted by atomic mass is 19.4. The molecule has 1 N–H and O–H groups in total. The van der Waals surface area contributed by atoms with E-state index >= 15 is 0 Å². The van der Waals surface area contributed by atoms with Crippen LogP contribution >= 0.6 is 0 Å². The molecule has 1 aliphatic rings. The zero-order valence-corrected chi connectivity index (χ0v) is 22.9. The van der Waals surface area contributed by atoms with Gasteiger partial charge in [-0.2, -0.15) is 18.3 Å². The third-order valence-electron chi connectivity index (χ3n) is 6.57. The van der Waals surface area contributed by atoms with Crippen LogP contribution in [-0.4, -0.2) is 62.5 Å². The van der Waals surface area contributed by atoms with E-state index in [9.17, 15) is 22.8 Å². The van der Waals surface area contributed by atoms with Crippen molar-refractivity contribution in [2.75, 3.05) is 40.2 Å². The van der Waals surface area contributed by atoms with Crippen LogP contribution < -0.4 is 19.5 Å². The number of rotatable bonds is 8. The Kier molecular flexibility index (Phi) is 8.70. The van der Waals surface area contributed by atoms with Crippen LogP contribution in [0.1, 0.15) is 29.2 Å². The minimum absolute atomic E-state index is 0.159. The number of alkyl halides is 3. The molecule has 3 aromatic rings. The molecule has 12 heteroatoms. The summed E-state index contributed by atoms with van der Waals surface area (Å²) in [6.07, 6.45) is -4.11. The lowest BCUT2D eigenvalue weighted by molar-refractivity contribution is -0.137. The van der Waals surface area contributed by atoms with Crippen LogP contribution in [-0.2, 0) is 11.0 Å². The fourth-order valence-corrected chi connectivity index (χ4v) is 4.33. The summed E-state index contributed by atoms with van der Waals surface area (Å²) in [5, 5.41) is 8.47. The van der Waals surface area contributed by atoms with Crippen LogP contribution in [0.4, 0.5) is 23.7 Å². The van der Waals surface area contributed by atoms with Crippen LogP contribution in [0.2, 0.25) is 0 Å². The largest absolute Gasteiger partial charge is 0.497 e. The van der Waals surface area contributed by atoms with Crippen molar-refractivity contribution in [3.05, 3.63) is 83.4 Å². The van der Waals surface area contributed by atoms with Gasteiger partial charge in [0.25, 0.3) is 5.91 Å². The summed E-state index contributed by atoms with van der Waals surface area (Å²) < 4.78 is 54.6. The Morgan fingerprint density at radius 2 is 1.59 bits per heavy atom. The number of likely N-dealkylation sites (N-methyl/N-ethyl adjacent to an activating group) is 1. The third-order valence-corrected chi connectivity index (χ3v) is 6.57. The molecule has 216 valence electrons. The zero-order chi connectivity index (χ0) is 29.7. The molecule has 0 fully saturated rings. The van der Waals surface area contributed by atoms with Crippen molar-refractivity contribution in [1.82, 2.24) is 9.91 Å². The lowest BCUT2D eigenvalue weighted by Crippen LogP contribution is -2.41. The van der Waals surface area contributed by atoms with E-state index in [-0.39, 0.29) is 12.2 Å². The second kappa shape index (κ2) is 12.2. The smallest absolute Gasteiger partial charge is 0.416 e. The first-order valence-electron chi connectivity index (χ1n) is 12.5. The SMILES string of the molecule is COc1ccc([C@@H]2CC(c3ccc(OC)cc3OC)=NN2C(=O)CN(C)C(=O)Nc2ccc(C(F)(F)F)cc2)cc1. The number of carbonyl (C=O) groups is 2. The number of ether oxygens (including phenoxy) is 3. The Morgan fingerprint density at radius 3 is 2.17 bits per heavy atom. The van der Waals surface area contributed by atoms with Crippen molar-refractivity contribution in [1.29, 1.82) is 0 Å². The quantitative estimate of drug-likeness (QED) is 0.382. The molecule has 1 aliphatic heterocycles. The first kappa shape index (κ1) is 29.2. The van der Waals surface area contributed by atoms with E-state index in [4.69, 9.17) is 14.2 Å². The van der Waals surface area contributed by atoms with Crippen molar-refractivity contribution < 1.29 is 37.0 Å². The van der Waals surface area contributed by atoms with Crippen molar-refractivity contribution in [3.63, 3.8) is 0 Å². The summed E-state index contributed by atoms with van der Waals surface area (Å²) in [5.41, 5.74) is 1.43. The van der Waals surface area contributed by atoms with Gasteiger partial charge >= 0.3 is 12.2 Å². The predicted molar refractivity (Wildman–Crippen MR) is 146 cm³/mol. The van der Waals surface area contributed by atoms with Crippen molar-refractivity contribution in [3.8, 4) is 17.2 Å². The highest BCUT2D eigenvalue weighted by molar-refractivity contribution is 6.05. The summed E-state index contributed by atoms with van der Waals surface area (Å²) in [4.78, 5) is 27.4. The number of carbonyl (C=O) groups excluding carboxylic acids is 2. The molecule has 4 rings (SSSR count). The first-order chi connectivity index (χ1) is 19.5. The van der Waals surface area contributed by atoms with Crippen LogP contribution in [0.25, 0.3) is 0 Å². The Hall–Kier alpha value is -4.74. The van der Waals surface area contributed by atoms with Gasteiger partial charge in [-0.05, 0) is 54.1 Å². The maximum atomic E-state index is 13.5. The molecule has 0 aliphatic carbocycles. The minimum atomic E-state index is -4.49. The number of halogens is 3. The van der Waals surface area contributed by atoms with E-state index in [0.29, 0.717) is 34.9 Å². The number of hydrogen-bond acceptors (Lipinski definition) is 6. The first-order valence-corrected chi connectivity index (χ1v) is 12.5. The van der Waals surface area contributed by atoms with Gasteiger partial charge in [0, 0.05) is 30.8 Å². The van der Waals surface area contributed by atoms with Gasteiger partial charge in [-0.15, -0.1) is 0 Å². The highest BCUT2D eigenvalue weighted by Crippen LogP contribution is 2.37. The normalized spacial score (nSPS) is 14.8. The molecular formula is C29H29F3N4O5. The lowest BCUT2D eigenvalue weighted by atomic mass is 9.97. The average Bonchev–Trinajstić information content (AvgIpc) is 3.42. The molecule has 0 unspecified atom stereocenters. The third kappa shape index (κ3) is 6.71. The number of nitrogens with zero attached hydrogens (tertiary/aromatic N) is 3. The van der Waals surface area contributed by atoms with E-state index in [2.05, 4.69) is 10.4 Å². The molecule has 3 aromatic carbocycles. The number of hydrogen-bond donors (Lipinski definition) is 1. The molecule has 0 saturated heterocycles. The molecule has 3 amide bonds. The number of amides is 3. The van der Waals surface area contributed by atoms with E-state index < -0.39 is 29.7 Å². The van der Waals surface area contributed by atoms with Crippen LogP contribution in [0.3, 0.4) is 0 Å². The Labute approximate surface area is 235 Å². The molecule has 0 spiro atoms. The molecule has 1 heterocycles. The van der Waals surface area contributed by atoms with Gasteiger partial charge < -0.3 is 24.4 Å². The molecule has 41 heavy (non-hydrogen) atoms. The second-order valence-corrected chi connectivity index (χ2v) is 9.21. The van der Waals surface area contributed by atoms with Gasteiger partial charge in [-0.3, -0.25) is 4.79 Å². The standard InChI is InChI=1S/C29H29F3N4O5/c1-35(28(38)33-20-9-7-19(8-10-20)29(30,31)32)17-27(37)36-25(18-5-11-21(39-2)12-6-18)16-24(34-36)23-14-13-22(40-3)15-26(23)41-4/h5-15,25H,16-17H2,1-4H3,(H,33,38)/t25-/m0/s1. The topological polar surface area (TPSA) is 92.7 Å². The predicted octanol–water partition coefficient (Wildman–Crippen LogP) is 5.57. The number of anilines is 1. The van der Waals surface area contributed by atoms with E-state index in [0.717, 1.165) is 34.7 Å². The summed E-state index contributed by atoms with van der Waals surface area (Å²) >= 11 is 0. The minimum Gasteiger partial charge on any atom is -0.497 e. The van der Waals surface area contributed by atoms with Crippen LogP contribution in [0.5, 0.6) is 17.2 Å². The second-order valence-electron chi connectivity index (χ2n) is 9.21. The van der Waals surface area contributed by atoms with Gasteiger partial charge in [0.1, 0.15) is 23.8 Å². The molecule has 9 nitrogen and oxygen atoms in total. The van der Waals surface area contributed by atoms with E-state index in [1.807, 2.05) is 12.1 Å². The van der Waals surface area contributed by atoms with Gasteiger partial charge in [0.2, 0.25) is 0 Å². The number of benzene rings is 3. The van der Waals surface area contributed by atoms with Crippen molar-refractivity contribution >= 4 is 23.3 Å². The molecule has 0 aromatic heterocycles. The van der Waals surface area contributed by atoms with Gasteiger partial charge in [0.15, 0.2) is 0 Å². The Bertz CT molecular complexity index is 1430. The molecule has 0 saturated carbocycles. The fraction of sp³-hybridized carbons (Fsp3) is 0.276. The maximum Gasteiger partial charge on any atom is 0.416 e. The summed E-state index contributed by atoms with van der Waals surface area (Å²) in [5.74, 6) is 1.32. The molecular weight excluding hydrogens is 541 g/mol. The molecule has 0 radical (unpaired) electrons. The van der Waals surface area contributed by atoms with E-state index in [1.54, 1.807) is 44.6 Å². The number of hydrazone groups is 1. The summed E-state index contributed by atoms with van der Waals surface area (Å²) in [7, 11) is 6.05. The van der Waals surface area contributed by atoms with Crippen molar-refractivity contribution in [2.45, 2.75) is 18.6 Å². The van der Waals surface area contributed by atoms with Gasteiger partial charge in [-0.25, -0.2) is 9.80 Å². The maximum absolute atomic E-state index is 13.5. The van der Waals surface area contributed by atoms with Gasteiger partial charge in [-0.1, -0.05) is 12.1 Å². The fourth-order valence-electron chi connectivity index (χ4n) is 4.33. The summed E-state index contributed by atoms with van der Waals surface area (Å²) in [6, 6.07) is 15.5. The lowest BCUT2D eigenvalue weighted by Gasteiger charge is -2.25. The Morgan fingerprint density at radius 1 is 0.951 bits per heavy atom. The zero-order valence-electron chi connectivity index (χ0n) is 22.9. The van der Waals surface area contributed by atoms with Crippen LogP contribution in [0, 0.1) is 0 Å². The monoisotopic (exact) mass is 570 g/mol. The van der Waals surface area contributed by atoms with Crippen molar-refractivity contribution in [2.24, 2.45) is 5.10 Å².